The Hall–Kier alpha value is -1.96. The number of halogens is 2. The molecule has 0 bridgehead atoms. The average Bonchev–Trinajstić information content (AvgIpc) is 3.89. The quantitative estimate of drug-likeness (QED) is 0.148. The zero-order chi connectivity index (χ0) is 36.3. The van der Waals surface area contributed by atoms with Crippen molar-refractivity contribution in [1.29, 1.82) is 0 Å². The predicted octanol–water partition coefficient (Wildman–Crippen LogP) is 15.0. The first-order valence-corrected chi connectivity index (χ1v) is 36.0. The molecule has 51 heavy (non-hydrogen) atoms. The van der Waals surface area contributed by atoms with E-state index in [-0.39, 0.29) is 12.7 Å². The van der Waals surface area contributed by atoms with Gasteiger partial charge in [0.05, 0.1) is 0 Å². The second-order valence-corrected chi connectivity index (χ2v) is 59.8. The number of hydrogen-bond acceptors (Lipinski definition) is 0. The van der Waals surface area contributed by atoms with Crippen LogP contribution in [0.3, 0.4) is 0 Å². The molecule has 3 unspecified atom stereocenters. The fourth-order valence-corrected chi connectivity index (χ4v) is 41.2. The molecule has 1 fully saturated rings. The van der Waals surface area contributed by atoms with Crippen LogP contribution in [0.4, 0.5) is 0 Å². The van der Waals surface area contributed by atoms with Crippen LogP contribution in [0.2, 0.25) is 13.1 Å². The molecular weight excluding hydrogens is 755 g/mol. The summed E-state index contributed by atoms with van der Waals surface area (Å²) in [5.74, 6) is -0.520. The molecule has 4 aromatic rings. The molecular formula is C47H57Cl2SiZr. The fourth-order valence-electron chi connectivity index (χ4n) is 9.79. The molecule has 0 radical (unpaired) electrons. The van der Waals surface area contributed by atoms with Crippen molar-refractivity contribution in [2.75, 3.05) is 0 Å². The van der Waals surface area contributed by atoms with Crippen LogP contribution in [0, 0.1) is 5.92 Å². The average molecular weight is 812 g/mol. The predicted molar refractivity (Wildman–Crippen MR) is 225 cm³/mol. The molecule has 4 aromatic carbocycles. The van der Waals surface area contributed by atoms with Gasteiger partial charge in [-0.2, -0.15) is 0 Å². The Morgan fingerprint density at radius 3 is 1.76 bits per heavy atom. The molecule has 0 N–H and O–H groups in total. The van der Waals surface area contributed by atoms with Crippen LogP contribution in [0.5, 0.6) is 0 Å². The first-order chi connectivity index (χ1) is 24.3. The first kappa shape index (κ1) is 37.4. The summed E-state index contributed by atoms with van der Waals surface area (Å²) in [6.45, 7) is 18.8. The second kappa shape index (κ2) is 14.0. The van der Waals surface area contributed by atoms with Crippen molar-refractivity contribution >= 4 is 35.1 Å². The van der Waals surface area contributed by atoms with E-state index < -0.39 is 21.5 Å². The van der Waals surface area contributed by atoms with Gasteiger partial charge in [-0.15, -0.1) is 0 Å². The standard InChI is InChI=1S/C24H27.C21H23.C2H7Si.2ClH.Zr/c1-24(2,3)21-13-11-18(12-14-21)22-10-6-9-19-15-20(16-23(19)22)17-7-4-5-8-17;1-4-15(3)17-9-11-18(12-10-17)20-8-6-7-19-13-16(5-2)14-21(19)20;1-3-2;;;/h6,9-17H,4-5,7-8H2,1-3H3;6-15H,4-5H2,1-3H3;3H,1-2H3;2*1H;/q;;;;;+2/p-2. The van der Waals surface area contributed by atoms with E-state index in [1.165, 1.54) is 86.9 Å². The first-order valence-electron chi connectivity index (χ1n) is 19.7. The summed E-state index contributed by atoms with van der Waals surface area (Å²) in [7, 11) is 17.7. The van der Waals surface area contributed by atoms with Gasteiger partial charge in [0, 0.05) is 0 Å². The van der Waals surface area contributed by atoms with E-state index in [9.17, 15) is 0 Å². The van der Waals surface area contributed by atoms with E-state index in [2.05, 4.69) is 152 Å². The van der Waals surface area contributed by atoms with Gasteiger partial charge in [-0.05, 0) is 0 Å². The summed E-state index contributed by atoms with van der Waals surface area (Å²) in [5.41, 5.74) is 16.7. The Labute approximate surface area is 317 Å². The topological polar surface area (TPSA) is 0 Å². The molecule has 0 heterocycles. The SMILES string of the molecule is CCC1=Cc2c(-c3ccc(C(C)CC)cc3)cccc2[CH]1[Zr]([Cl])([Cl])([CH]1C(C2CCCC2)=Cc2c(-c3ccc(C(C)(C)C)cc3)cccc21)[SiH](C)C. The Bertz CT molecular complexity index is 1990. The van der Waals surface area contributed by atoms with E-state index in [1.54, 1.807) is 5.57 Å². The number of rotatable bonds is 9. The van der Waals surface area contributed by atoms with Crippen LogP contribution >= 0.6 is 17.0 Å². The van der Waals surface area contributed by atoms with E-state index in [4.69, 9.17) is 17.0 Å². The van der Waals surface area contributed by atoms with E-state index in [1.807, 2.05) is 0 Å². The summed E-state index contributed by atoms with van der Waals surface area (Å²) in [4.78, 5) is 0. The summed E-state index contributed by atoms with van der Waals surface area (Å²) >= 11 is -4.87. The van der Waals surface area contributed by atoms with Crippen LogP contribution in [-0.4, -0.2) is 5.92 Å². The van der Waals surface area contributed by atoms with Crippen molar-refractivity contribution in [3.05, 3.63) is 129 Å². The van der Waals surface area contributed by atoms with Gasteiger partial charge in [0.15, 0.2) is 0 Å². The van der Waals surface area contributed by atoms with Gasteiger partial charge < -0.3 is 0 Å². The van der Waals surface area contributed by atoms with Gasteiger partial charge in [0.2, 0.25) is 0 Å². The Kier molecular flexibility index (Phi) is 10.3. The van der Waals surface area contributed by atoms with Gasteiger partial charge in [0.1, 0.15) is 0 Å². The molecule has 3 aliphatic carbocycles. The normalized spacial score (nSPS) is 20.5. The number of fused-ring (bicyclic) bond motifs is 2. The van der Waals surface area contributed by atoms with Gasteiger partial charge in [0.25, 0.3) is 0 Å². The van der Waals surface area contributed by atoms with Gasteiger partial charge in [-0.3, -0.25) is 0 Å². The maximum atomic E-state index is 8.84. The molecule has 0 saturated heterocycles. The number of benzene rings is 4. The van der Waals surface area contributed by atoms with Gasteiger partial charge >= 0.3 is 320 Å². The minimum absolute atomic E-state index is 0.121. The fraction of sp³-hybridized carbons (Fsp3) is 0.404. The summed E-state index contributed by atoms with van der Waals surface area (Å²) in [6, 6.07) is 32.6. The molecule has 3 aliphatic rings. The molecule has 3 atom stereocenters. The van der Waals surface area contributed by atoms with Crippen LogP contribution in [-0.2, 0) is 21.0 Å². The summed E-state index contributed by atoms with van der Waals surface area (Å²) in [5, 5.41) is 0. The van der Waals surface area contributed by atoms with Crippen LogP contribution in [0.1, 0.15) is 127 Å². The third-order valence-electron chi connectivity index (χ3n) is 13.2. The molecule has 0 aromatic heterocycles. The molecule has 0 aliphatic heterocycles. The van der Waals surface area contributed by atoms with Crippen molar-refractivity contribution in [3.63, 3.8) is 0 Å². The zero-order valence-electron chi connectivity index (χ0n) is 32.1. The summed E-state index contributed by atoms with van der Waals surface area (Å²) in [6.07, 6.45) is 12.3. The minimum atomic E-state index is -4.87. The van der Waals surface area contributed by atoms with E-state index >= 15 is 0 Å². The third-order valence-corrected chi connectivity index (χ3v) is 64.9. The van der Waals surface area contributed by atoms with Crippen LogP contribution in [0.25, 0.3) is 34.4 Å². The zero-order valence-corrected chi connectivity index (χ0v) is 37.2. The van der Waals surface area contributed by atoms with E-state index in [0.29, 0.717) is 11.8 Å². The van der Waals surface area contributed by atoms with Crippen molar-refractivity contribution < 1.29 is 15.6 Å². The molecule has 4 heteroatoms. The Balaban J connectivity index is 1.40. The molecule has 0 nitrogen and oxygen atoms in total. The second-order valence-electron chi connectivity index (χ2n) is 17.3. The van der Waals surface area contributed by atoms with Crippen LogP contribution < -0.4 is 0 Å². The van der Waals surface area contributed by atoms with Crippen molar-refractivity contribution in [2.45, 2.75) is 112 Å². The molecule has 1 saturated carbocycles. The monoisotopic (exact) mass is 809 g/mol. The Morgan fingerprint density at radius 2 is 1.25 bits per heavy atom. The molecule has 0 amide bonds. The van der Waals surface area contributed by atoms with Crippen molar-refractivity contribution in [2.24, 2.45) is 5.92 Å². The molecule has 7 rings (SSSR count). The molecule has 0 spiro atoms. The van der Waals surface area contributed by atoms with Gasteiger partial charge in [-0.25, -0.2) is 0 Å². The van der Waals surface area contributed by atoms with E-state index in [0.717, 1.165) is 12.8 Å². The van der Waals surface area contributed by atoms with Crippen molar-refractivity contribution in [3.8, 4) is 22.3 Å². The van der Waals surface area contributed by atoms with Crippen LogP contribution in [0.15, 0.2) is 96.1 Å². The van der Waals surface area contributed by atoms with Gasteiger partial charge in [-0.1, -0.05) is 0 Å². The number of hydrogen-bond donors (Lipinski definition) is 0. The molecule has 267 valence electrons. The number of allylic oxidation sites excluding steroid dienone is 2. The Morgan fingerprint density at radius 1 is 0.725 bits per heavy atom. The third kappa shape index (κ3) is 6.31. The summed E-state index contributed by atoms with van der Waals surface area (Å²) < 4.78 is 0.258. The maximum absolute atomic E-state index is 8.84. The van der Waals surface area contributed by atoms with Crippen molar-refractivity contribution in [1.82, 2.24) is 0 Å².